The Hall–Kier alpha value is -2.68. The Morgan fingerprint density at radius 1 is 1.00 bits per heavy atom. The number of piperidine rings is 1. The van der Waals surface area contributed by atoms with Gasteiger partial charge in [-0.3, -0.25) is 14.6 Å². The van der Waals surface area contributed by atoms with Crippen molar-refractivity contribution in [2.24, 2.45) is 0 Å². The Bertz CT molecular complexity index is 1220. The molecule has 1 amide bonds. The summed E-state index contributed by atoms with van der Waals surface area (Å²) >= 11 is 6.05. The van der Waals surface area contributed by atoms with Crippen LogP contribution in [0, 0.1) is 0 Å². The smallest absolute Gasteiger partial charge is 0.306 e. The van der Waals surface area contributed by atoms with E-state index in [9.17, 15) is 14.7 Å². The Balaban J connectivity index is 0.00000323. The molecule has 0 spiro atoms. The van der Waals surface area contributed by atoms with E-state index in [-0.39, 0.29) is 49.5 Å². The molecule has 10 heteroatoms. The third kappa shape index (κ3) is 9.91. The number of carbonyl (C=O) groups is 2. The van der Waals surface area contributed by atoms with Crippen LogP contribution in [0.3, 0.4) is 0 Å². The van der Waals surface area contributed by atoms with Crippen LogP contribution in [0.2, 0.25) is 5.02 Å². The van der Waals surface area contributed by atoms with Crippen LogP contribution in [-0.4, -0.2) is 59.7 Å². The Labute approximate surface area is 272 Å². The molecule has 43 heavy (non-hydrogen) atoms. The number of hydrogen-bond acceptors (Lipinski definition) is 6. The van der Waals surface area contributed by atoms with Crippen LogP contribution in [-0.2, 0) is 25.3 Å². The maximum absolute atomic E-state index is 12.8. The van der Waals surface area contributed by atoms with Crippen molar-refractivity contribution in [1.29, 1.82) is 0 Å². The van der Waals surface area contributed by atoms with E-state index in [2.05, 4.69) is 22.3 Å². The topological polar surface area (TPSA) is 91.8 Å². The summed E-state index contributed by atoms with van der Waals surface area (Å²) in [7, 11) is 0. The highest BCUT2D eigenvalue weighted by Gasteiger charge is 2.37. The molecule has 0 radical (unpaired) electrons. The van der Waals surface area contributed by atoms with Crippen LogP contribution in [0.15, 0.2) is 79.0 Å². The zero-order chi connectivity index (χ0) is 29.1. The zero-order valence-electron chi connectivity index (χ0n) is 24.5. The van der Waals surface area contributed by atoms with Gasteiger partial charge in [0, 0.05) is 37.3 Å². The molecule has 2 aromatic carbocycles. The minimum atomic E-state index is -0.837. The highest BCUT2D eigenvalue weighted by atomic mass is 35.5. The third-order valence-corrected chi connectivity index (χ3v) is 8.33. The first-order valence-corrected chi connectivity index (χ1v) is 14.8. The molecular weight excluding hydrogens is 609 g/mol. The second-order valence-electron chi connectivity index (χ2n) is 10.7. The predicted octanol–water partition coefficient (Wildman–Crippen LogP) is 6.09. The molecular formula is C33H42Cl3N3O4. The van der Waals surface area contributed by atoms with Gasteiger partial charge in [-0.25, -0.2) is 0 Å². The molecule has 0 saturated carbocycles. The molecule has 3 aromatic rings. The highest BCUT2D eigenvalue weighted by Crippen LogP contribution is 2.37. The largest absolute Gasteiger partial charge is 0.466 e. The van der Waals surface area contributed by atoms with Gasteiger partial charge in [-0.05, 0) is 74.5 Å². The number of halogens is 3. The molecule has 4 rings (SSSR count). The van der Waals surface area contributed by atoms with Crippen LogP contribution in [0.4, 0.5) is 0 Å². The first-order chi connectivity index (χ1) is 19.8. The summed E-state index contributed by atoms with van der Waals surface area (Å²) in [5, 5.41) is 15.0. The number of benzene rings is 2. The second-order valence-corrected chi connectivity index (χ2v) is 11.2. The summed E-state index contributed by atoms with van der Waals surface area (Å²) in [5.41, 5.74) is 1.52. The number of nitrogens with one attached hydrogen (secondary N) is 1. The number of pyridine rings is 1. The highest BCUT2D eigenvalue weighted by molar-refractivity contribution is 6.30. The van der Waals surface area contributed by atoms with Crippen molar-refractivity contribution in [2.75, 3.05) is 32.8 Å². The molecule has 2 heterocycles. The zero-order valence-corrected chi connectivity index (χ0v) is 26.9. The van der Waals surface area contributed by atoms with Crippen LogP contribution < -0.4 is 5.32 Å². The van der Waals surface area contributed by atoms with Crippen molar-refractivity contribution in [3.8, 4) is 0 Å². The summed E-state index contributed by atoms with van der Waals surface area (Å²) in [4.78, 5) is 31.7. The van der Waals surface area contributed by atoms with Gasteiger partial charge >= 0.3 is 5.97 Å². The summed E-state index contributed by atoms with van der Waals surface area (Å²) < 4.78 is 4.98. The van der Waals surface area contributed by atoms with E-state index in [1.165, 1.54) is 0 Å². The van der Waals surface area contributed by atoms with Crippen LogP contribution >= 0.6 is 36.4 Å². The second kappa shape index (κ2) is 17.6. The average Bonchev–Trinajstić information content (AvgIpc) is 3.00. The number of aromatic nitrogens is 1. The monoisotopic (exact) mass is 649 g/mol. The van der Waals surface area contributed by atoms with E-state index in [0.29, 0.717) is 31.0 Å². The number of amides is 1. The maximum Gasteiger partial charge on any atom is 0.306 e. The first-order valence-electron chi connectivity index (χ1n) is 14.4. The van der Waals surface area contributed by atoms with E-state index in [1.807, 2.05) is 60.7 Å². The van der Waals surface area contributed by atoms with Gasteiger partial charge in [-0.2, -0.15) is 0 Å². The van der Waals surface area contributed by atoms with E-state index in [0.717, 1.165) is 49.3 Å². The fourth-order valence-electron chi connectivity index (χ4n) is 5.69. The van der Waals surface area contributed by atoms with Gasteiger partial charge in [0.25, 0.3) is 0 Å². The molecule has 1 aromatic heterocycles. The van der Waals surface area contributed by atoms with E-state index < -0.39 is 11.0 Å². The summed E-state index contributed by atoms with van der Waals surface area (Å²) in [6, 6.07) is 23.6. The Morgan fingerprint density at radius 2 is 1.67 bits per heavy atom. The quantitative estimate of drug-likeness (QED) is 0.218. The maximum atomic E-state index is 12.8. The number of hydrogen-bond donors (Lipinski definition) is 2. The molecule has 234 valence electrons. The summed E-state index contributed by atoms with van der Waals surface area (Å²) in [6.07, 6.45) is 4.89. The fourth-order valence-corrected chi connectivity index (χ4v) is 5.82. The van der Waals surface area contributed by atoms with Gasteiger partial charge in [0.1, 0.15) is 0 Å². The molecule has 1 aliphatic heterocycles. The number of rotatable bonds is 13. The third-order valence-electron chi connectivity index (χ3n) is 8.07. The molecule has 1 unspecified atom stereocenters. The average molecular weight is 651 g/mol. The predicted molar refractivity (Wildman–Crippen MR) is 175 cm³/mol. The van der Waals surface area contributed by atoms with Gasteiger partial charge in [0.15, 0.2) is 0 Å². The lowest BCUT2D eigenvalue weighted by Crippen LogP contribution is -2.45. The van der Waals surface area contributed by atoms with Crippen molar-refractivity contribution in [3.63, 3.8) is 0 Å². The standard InChI is InChI=1S/C33H40ClN3O4.2ClH/c1-2-41-31(39)17-16-30(38)36-25-32(26-9-4-3-5-10-26,29-11-6-7-21-35-29)18-8-22-37-23-19-33(40,20-24-37)27-12-14-28(34)15-13-27;;/h3-7,9-15,21,40H,2,8,16-20,22-25H2,1H3,(H,36,38);2*1H. The van der Waals surface area contributed by atoms with E-state index >= 15 is 0 Å². The number of nitrogens with zero attached hydrogens (tertiary/aromatic N) is 2. The minimum absolute atomic E-state index is 0. The van der Waals surface area contributed by atoms with Crippen molar-refractivity contribution in [2.45, 2.75) is 56.5 Å². The van der Waals surface area contributed by atoms with Gasteiger partial charge in [-0.1, -0.05) is 60.1 Å². The van der Waals surface area contributed by atoms with Gasteiger partial charge in [0.2, 0.25) is 5.91 Å². The molecule has 1 aliphatic rings. The van der Waals surface area contributed by atoms with Crippen molar-refractivity contribution in [1.82, 2.24) is 15.2 Å². The van der Waals surface area contributed by atoms with Crippen molar-refractivity contribution >= 4 is 48.3 Å². The normalized spacial score (nSPS) is 15.7. The van der Waals surface area contributed by atoms with E-state index in [4.69, 9.17) is 21.3 Å². The van der Waals surface area contributed by atoms with Crippen LogP contribution in [0.5, 0.6) is 0 Å². The van der Waals surface area contributed by atoms with Gasteiger partial charge in [-0.15, -0.1) is 24.8 Å². The van der Waals surface area contributed by atoms with E-state index in [1.54, 1.807) is 13.1 Å². The summed E-state index contributed by atoms with van der Waals surface area (Å²) in [6.45, 7) is 4.88. The number of likely N-dealkylation sites (tertiary alicyclic amines) is 1. The Morgan fingerprint density at radius 3 is 2.30 bits per heavy atom. The molecule has 0 aliphatic carbocycles. The Kier molecular flexibility index (Phi) is 14.9. The number of aliphatic hydroxyl groups is 1. The SMILES string of the molecule is CCOC(=O)CCC(=O)NCC(CCCN1CCC(O)(c2ccc(Cl)cc2)CC1)(c1ccccc1)c1ccccn1.Cl.Cl. The van der Waals surface area contributed by atoms with Crippen molar-refractivity contribution in [3.05, 3.63) is 101 Å². The van der Waals surface area contributed by atoms with Crippen LogP contribution in [0.1, 0.15) is 62.3 Å². The lowest BCUT2D eigenvalue weighted by atomic mass is 9.73. The summed E-state index contributed by atoms with van der Waals surface area (Å²) in [5.74, 6) is -0.557. The van der Waals surface area contributed by atoms with Gasteiger partial charge in [0.05, 0.1) is 29.7 Å². The molecule has 1 atom stereocenters. The molecule has 1 saturated heterocycles. The molecule has 7 nitrogen and oxygen atoms in total. The number of esters is 1. The minimum Gasteiger partial charge on any atom is -0.466 e. The molecule has 0 bridgehead atoms. The van der Waals surface area contributed by atoms with Gasteiger partial charge < -0.3 is 20.1 Å². The first kappa shape index (κ1) is 36.5. The lowest BCUT2D eigenvalue weighted by molar-refractivity contribution is -0.144. The van der Waals surface area contributed by atoms with Crippen LogP contribution in [0.25, 0.3) is 0 Å². The van der Waals surface area contributed by atoms with Crippen molar-refractivity contribution < 1.29 is 19.4 Å². The molecule has 1 fully saturated rings. The lowest BCUT2D eigenvalue weighted by Gasteiger charge is -2.39. The number of ether oxygens (including phenoxy) is 1. The number of carbonyl (C=O) groups excluding carboxylic acids is 2. The molecule has 2 N–H and O–H groups in total. The fraction of sp³-hybridized carbons (Fsp3) is 0.424.